The lowest BCUT2D eigenvalue weighted by molar-refractivity contribution is -0.124. The Labute approximate surface area is 98.0 Å². The van der Waals surface area contributed by atoms with Crippen LogP contribution in [0.2, 0.25) is 0 Å². The number of amides is 1. The van der Waals surface area contributed by atoms with E-state index < -0.39 is 5.60 Å². The number of nitrogens with zero attached hydrogens (tertiary/aromatic N) is 1. The van der Waals surface area contributed by atoms with Crippen LogP contribution < -0.4 is 5.32 Å². The summed E-state index contributed by atoms with van der Waals surface area (Å²) in [6.07, 6.45) is 2.03. The molecule has 16 heavy (non-hydrogen) atoms. The van der Waals surface area contributed by atoms with Crippen LogP contribution in [0.4, 0.5) is 0 Å². The van der Waals surface area contributed by atoms with E-state index in [0.717, 1.165) is 19.4 Å². The fourth-order valence-corrected chi connectivity index (χ4v) is 2.37. The topological polar surface area (TPSA) is 52.6 Å². The van der Waals surface area contributed by atoms with Crippen LogP contribution in [-0.4, -0.2) is 46.7 Å². The number of carbonyl (C=O) groups excluding carboxylic acids is 1. The molecule has 1 aliphatic heterocycles. The molecule has 0 aromatic heterocycles. The third-order valence-corrected chi connectivity index (χ3v) is 2.98. The number of hydrogen-bond acceptors (Lipinski definition) is 3. The first-order chi connectivity index (χ1) is 7.30. The maximum atomic E-state index is 11.6. The Morgan fingerprint density at radius 2 is 2.19 bits per heavy atom. The highest BCUT2D eigenvalue weighted by Crippen LogP contribution is 2.26. The van der Waals surface area contributed by atoms with Crippen LogP contribution >= 0.6 is 0 Å². The first kappa shape index (κ1) is 13.5. The van der Waals surface area contributed by atoms with E-state index in [9.17, 15) is 9.90 Å². The molecule has 0 aromatic carbocycles. The number of nitrogens with one attached hydrogen (secondary N) is 1. The predicted octanol–water partition coefficient (Wildman–Crippen LogP) is 0.746. The van der Waals surface area contributed by atoms with Crippen LogP contribution in [0.3, 0.4) is 0 Å². The third-order valence-electron chi connectivity index (χ3n) is 2.98. The fourth-order valence-electron chi connectivity index (χ4n) is 2.37. The van der Waals surface area contributed by atoms with E-state index in [4.69, 9.17) is 0 Å². The van der Waals surface area contributed by atoms with Gasteiger partial charge in [0.25, 0.3) is 0 Å². The number of carbonyl (C=O) groups is 1. The minimum atomic E-state index is -0.728. The SMILES string of the molecule is CC(C)NC(=O)CN1CCCC1C(C)(C)O. The van der Waals surface area contributed by atoms with Crippen molar-refractivity contribution in [1.29, 1.82) is 0 Å². The lowest BCUT2D eigenvalue weighted by Crippen LogP contribution is -2.49. The average Bonchev–Trinajstić information content (AvgIpc) is 2.48. The molecule has 1 heterocycles. The molecule has 1 unspecified atom stereocenters. The number of likely N-dealkylation sites (tertiary alicyclic amines) is 1. The van der Waals surface area contributed by atoms with Crippen LogP contribution in [0.25, 0.3) is 0 Å². The second-order valence-electron chi connectivity index (χ2n) is 5.50. The highest BCUT2D eigenvalue weighted by molar-refractivity contribution is 5.78. The monoisotopic (exact) mass is 228 g/mol. The molecule has 0 aliphatic carbocycles. The quantitative estimate of drug-likeness (QED) is 0.746. The lowest BCUT2D eigenvalue weighted by Gasteiger charge is -2.33. The van der Waals surface area contributed by atoms with Crippen LogP contribution in [0, 0.1) is 0 Å². The van der Waals surface area contributed by atoms with Crippen molar-refractivity contribution in [2.75, 3.05) is 13.1 Å². The third kappa shape index (κ3) is 3.76. The lowest BCUT2D eigenvalue weighted by atomic mass is 9.97. The van der Waals surface area contributed by atoms with Crippen molar-refractivity contribution in [3.63, 3.8) is 0 Å². The summed E-state index contributed by atoms with van der Waals surface area (Å²) in [5.41, 5.74) is -0.728. The van der Waals surface area contributed by atoms with Gasteiger partial charge >= 0.3 is 0 Å². The van der Waals surface area contributed by atoms with Crippen molar-refractivity contribution in [2.24, 2.45) is 0 Å². The summed E-state index contributed by atoms with van der Waals surface area (Å²) in [6, 6.07) is 0.279. The van der Waals surface area contributed by atoms with E-state index in [2.05, 4.69) is 10.2 Å². The smallest absolute Gasteiger partial charge is 0.234 e. The van der Waals surface area contributed by atoms with Crippen molar-refractivity contribution < 1.29 is 9.90 Å². The van der Waals surface area contributed by atoms with Gasteiger partial charge in [-0.25, -0.2) is 0 Å². The summed E-state index contributed by atoms with van der Waals surface area (Å²) in [5, 5.41) is 12.9. The second-order valence-corrected chi connectivity index (χ2v) is 5.50. The van der Waals surface area contributed by atoms with Crippen molar-refractivity contribution in [3.8, 4) is 0 Å². The Kier molecular flexibility index (Phi) is 4.33. The van der Waals surface area contributed by atoms with Crippen LogP contribution in [0.15, 0.2) is 0 Å². The first-order valence-electron chi connectivity index (χ1n) is 6.06. The molecule has 1 amide bonds. The summed E-state index contributed by atoms with van der Waals surface area (Å²) < 4.78 is 0. The molecule has 1 atom stereocenters. The van der Waals surface area contributed by atoms with Crippen LogP contribution in [-0.2, 0) is 4.79 Å². The zero-order valence-electron chi connectivity index (χ0n) is 10.8. The van der Waals surface area contributed by atoms with Crippen molar-refractivity contribution in [1.82, 2.24) is 10.2 Å². The summed E-state index contributed by atoms with van der Waals surface area (Å²) in [4.78, 5) is 13.7. The van der Waals surface area contributed by atoms with Crippen LogP contribution in [0.1, 0.15) is 40.5 Å². The second kappa shape index (κ2) is 5.15. The van der Waals surface area contributed by atoms with Gasteiger partial charge in [-0.05, 0) is 47.1 Å². The Bertz CT molecular complexity index is 246. The van der Waals surface area contributed by atoms with E-state index in [0.29, 0.717) is 6.54 Å². The number of hydrogen-bond donors (Lipinski definition) is 2. The molecule has 4 nitrogen and oxygen atoms in total. The molecule has 1 fully saturated rings. The Hall–Kier alpha value is -0.610. The van der Waals surface area contributed by atoms with Crippen molar-refractivity contribution in [2.45, 2.75) is 58.2 Å². The van der Waals surface area contributed by atoms with Gasteiger partial charge in [0.2, 0.25) is 5.91 Å². The maximum Gasteiger partial charge on any atom is 0.234 e. The number of aliphatic hydroxyl groups is 1. The molecule has 0 bridgehead atoms. The van der Waals surface area contributed by atoms with Crippen molar-refractivity contribution >= 4 is 5.91 Å². The molecule has 0 radical (unpaired) electrons. The zero-order chi connectivity index (χ0) is 12.3. The highest BCUT2D eigenvalue weighted by Gasteiger charge is 2.36. The Balaban J connectivity index is 2.50. The van der Waals surface area contributed by atoms with Gasteiger partial charge in [-0.15, -0.1) is 0 Å². The van der Waals surface area contributed by atoms with Gasteiger partial charge in [-0.2, -0.15) is 0 Å². The standard InChI is InChI=1S/C12H24N2O2/c1-9(2)13-11(15)8-14-7-5-6-10(14)12(3,4)16/h9-10,16H,5-8H2,1-4H3,(H,13,15). The van der Waals surface area contributed by atoms with Gasteiger partial charge in [-0.3, -0.25) is 9.69 Å². The molecule has 0 aromatic rings. The Morgan fingerprint density at radius 3 is 2.69 bits per heavy atom. The molecule has 1 rings (SSSR count). The predicted molar refractivity (Wildman–Crippen MR) is 64.2 cm³/mol. The van der Waals surface area contributed by atoms with Gasteiger partial charge < -0.3 is 10.4 Å². The molecule has 0 spiro atoms. The van der Waals surface area contributed by atoms with Gasteiger partial charge in [0.05, 0.1) is 12.1 Å². The van der Waals surface area contributed by atoms with E-state index in [1.54, 1.807) is 0 Å². The molecule has 1 saturated heterocycles. The fraction of sp³-hybridized carbons (Fsp3) is 0.917. The maximum absolute atomic E-state index is 11.6. The molecule has 2 N–H and O–H groups in total. The molecule has 94 valence electrons. The summed E-state index contributed by atoms with van der Waals surface area (Å²) in [6.45, 7) is 8.84. The van der Waals surface area contributed by atoms with E-state index in [1.165, 1.54) is 0 Å². The van der Waals surface area contributed by atoms with Crippen LogP contribution in [0.5, 0.6) is 0 Å². The minimum absolute atomic E-state index is 0.0474. The molecular weight excluding hydrogens is 204 g/mol. The van der Waals surface area contributed by atoms with Crippen molar-refractivity contribution in [3.05, 3.63) is 0 Å². The summed E-state index contributed by atoms with van der Waals surface area (Å²) in [7, 11) is 0. The number of rotatable bonds is 4. The zero-order valence-corrected chi connectivity index (χ0v) is 10.8. The van der Waals surface area contributed by atoms with E-state index >= 15 is 0 Å². The molecule has 1 aliphatic rings. The average molecular weight is 228 g/mol. The normalized spacial score (nSPS) is 22.8. The van der Waals surface area contributed by atoms with Gasteiger partial charge in [0.1, 0.15) is 0 Å². The van der Waals surface area contributed by atoms with E-state index in [1.807, 2.05) is 27.7 Å². The largest absolute Gasteiger partial charge is 0.389 e. The van der Waals surface area contributed by atoms with Gasteiger partial charge in [-0.1, -0.05) is 0 Å². The van der Waals surface area contributed by atoms with E-state index in [-0.39, 0.29) is 18.0 Å². The Morgan fingerprint density at radius 1 is 1.56 bits per heavy atom. The first-order valence-corrected chi connectivity index (χ1v) is 6.06. The summed E-state index contributed by atoms with van der Waals surface area (Å²) in [5.74, 6) is 0.0474. The molecule has 0 saturated carbocycles. The van der Waals surface area contributed by atoms with Gasteiger partial charge in [0.15, 0.2) is 0 Å². The van der Waals surface area contributed by atoms with Gasteiger partial charge in [0, 0.05) is 12.1 Å². The summed E-state index contributed by atoms with van der Waals surface area (Å²) >= 11 is 0. The minimum Gasteiger partial charge on any atom is -0.389 e. The molecular formula is C12H24N2O2. The highest BCUT2D eigenvalue weighted by atomic mass is 16.3. The molecule has 4 heteroatoms.